The molecule has 2 aromatic carbocycles. The van der Waals surface area contributed by atoms with Crippen molar-refractivity contribution in [1.29, 1.82) is 0 Å². The molecule has 1 N–H and O–H groups in total. The average Bonchev–Trinajstić information content (AvgIpc) is 2.61. The van der Waals surface area contributed by atoms with Crippen molar-refractivity contribution in [3.63, 3.8) is 0 Å². The van der Waals surface area contributed by atoms with Crippen LogP contribution in [0.5, 0.6) is 0 Å². The fourth-order valence-corrected chi connectivity index (χ4v) is 3.82. The van der Waals surface area contributed by atoms with Crippen molar-refractivity contribution in [1.82, 2.24) is 4.90 Å². The second kappa shape index (κ2) is 8.43. The number of anilines is 1. The molecule has 1 saturated carbocycles. The fourth-order valence-electron chi connectivity index (χ4n) is 3.49. The van der Waals surface area contributed by atoms with Gasteiger partial charge in [0.15, 0.2) is 5.11 Å². The number of aryl methyl sites for hydroxylation is 1. The molecule has 1 fully saturated rings. The van der Waals surface area contributed by atoms with Gasteiger partial charge in [-0.2, -0.15) is 0 Å². The van der Waals surface area contributed by atoms with Crippen molar-refractivity contribution in [2.75, 3.05) is 5.32 Å². The van der Waals surface area contributed by atoms with Crippen LogP contribution in [0.2, 0.25) is 0 Å². The minimum Gasteiger partial charge on any atom is -0.342 e. The van der Waals surface area contributed by atoms with E-state index in [1.165, 1.54) is 30.9 Å². The number of benzene rings is 2. The summed E-state index contributed by atoms with van der Waals surface area (Å²) in [4.78, 5) is 2.18. The van der Waals surface area contributed by atoms with Crippen LogP contribution in [0.3, 0.4) is 0 Å². The summed E-state index contributed by atoms with van der Waals surface area (Å²) in [5.41, 5.74) is 2.87. The van der Waals surface area contributed by atoms with Gasteiger partial charge in [-0.1, -0.05) is 49.6 Å². The van der Waals surface area contributed by atoms with Crippen LogP contribution >= 0.6 is 12.2 Å². The van der Waals surface area contributed by atoms with E-state index in [4.69, 9.17) is 12.2 Å². The summed E-state index contributed by atoms with van der Waals surface area (Å²) in [7, 11) is 0. The maximum absolute atomic E-state index is 14.2. The molecule has 0 heterocycles. The summed E-state index contributed by atoms with van der Waals surface area (Å²) < 4.78 is 14.2. The van der Waals surface area contributed by atoms with E-state index in [1.807, 2.05) is 24.3 Å². The van der Waals surface area contributed by atoms with E-state index in [-0.39, 0.29) is 5.82 Å². The highest BCUT2D eigenvalue weighted by Crippen LogP contribution is 2.26. The molecule has 2 nitrogen and oxygen atoms in total. The molecule has 0 atom stereocenters. The molecule has 0 spiro atoms. The first kappa shape index (κ1) is 17.9. The highest BCUT2D eigenvalue weighted by Gasteiger charge is 2.24. The molecule has 1 aliphatic rings. The topological polar surface area (TPSA) is 15.3 Å². The number of thiocarbonyl (C=S) groups is 1. The van der Waals surface area contributed by atoms with E-state index in [1.54, 1.807) is 6.07 Å². The molecule has 0 radical (unpaired) electrons. The fraction of sp³-hybridized carbons (Fsp3) is 0.381. The third-order valence-corrected chi connectivity index (χ3v) is 5.18. The Morgan fingerprint density at radius 3 is 2.60 bits per heavy atom. The van der Waals surface area contributed by atoms with Gasteiger partial charge in [0.25, 0.3) is 0 Å². The zero-order valence-corrected chi connectivity index (χ0v) is 15.5. The first-order chi connectivity index (χ1) is 12.1. The summed E-state index contributed by atoms with van der Waals surface area (Å²) in [5.74, 6) is -0.165. The van der Waals surface area contributed by atoms with Gasteiger partial charge in [0.1, 0.15) is 5.82 Å². The summed E-state index contributed by atoms with van der Waals surface area (Å²) in [6.07, 6.45) is 5.94. The Hall–Kier alpha value is -1.94. The van der Waals surface area contributed by atoms with Crippen molar-refractivity contribution in [2.24, 2.45) is 0 Å². The molecule has 0 saturated heterocycles. The Morgan fingerprint density at radius 2 is 1.88 bits per heavy atom. The van der Waals surface area contributed by atoms with Crippen LogP contribution < -0.4 is 5.32 Å². The minimum absolute atomic E-state index is 0.165. The molecular formula is C21H25FN2S. The number of nitrogens with zero attached hydrogens (tertiary/aromatic N) is 1. The van der Waals surface area contributed by atoms with Crippen molar-refractivity contribution >= 4 is 23.0 Å². The lowest BCUT2D eigenvalue weighted by atomic mass is 9.94. The Kier molecular flexibility index (Phi) is 6.03. The number of nitrogens with one attached hydrogen (secondary N) is 1. The molecule has 4 heteroatoms. The number of rotatable bonds is 4. The summed E-state index contributed by atoms with van der Waals surface area (Å²) in [5, 5.41) is 4.04. The lowest BCUT2D eigenvalue weighted by Gasteiger charge is -2.36. The zero-order valence-electron chi connectivity index (χ0n) is 14.7. The number of hydrogen-bond donors (Lipinski definition) is 1. The van der Waals surface area contributed by atoms with Crippen LogP contribution in [-0.2, 0) is 6.54 Å². The van der Waals surface area contributed by atoms with Crippen molar-refractivity contribution in [3.05, 3.63) is 65.5 Å². The second-order valence-corrected chi connectivity index (χ2v) is 7.20. The minimum atomic E-state index is -0.165. The maximum atomic E-state index is 14.2. The Bertz CT molecular complexity index is 725. The third kappa shape index (κ3) is 4.79. The second-order valence-electron chi connectivity index (χ2n) is 6.81. The normalized spacial score (nSPS) is 15.0. The van der Waals surface area contributed by atoms with Crippen molar-refractivity contribution in [2.45, 2.75) is 51.6 Å². The van der Waals surface area contributed by atoms with Gasteiger partial charge in [-0.15, -0.1) is 0 Å². The van der Waals surface area contributed by atoms with Crippen LogP contribution in [0.1, 0.15) is 43.2 Å². The molecule has 0 aliphatic heterocycles. The van der Waals surface area contributed by atoms with E-state index in [2.05, 4.69) is 29.3 Å². The van der Waals surface area contributed by atoms with E-state index < -0.39 is 0 Å². The smallest absolute Gasteiger partial charge is 0.173 e. The monoisotopic (exact) mass is 356 g/mol. The summed E-state index contributed by atoms with van der Waals surface area (Å²) in [6.45, 7) is 2.57. The van der Waals surface area contributed by atoms with Crippen LogP contribution in [0, 0.1) is 12.7 Å². The first-order valence-corrected chi connectivity index (χ1v) is 9.42. The molecule has 0 bridgehead atoms. The van der Waals surface area contributed by atoms with Gasteiger partial charge in [0.2, 0.25) is 0 Å². The van der Waals surface area contributed by atoms with Gasteiger partial charge in [0, 0.05) is 23.8 Å². The largest absolute Gasteiger partial charge is 0.342 e. The molecule has 3 rings (SSSR count). The summed E-state index contributed by atoms with van der Waals surface area (Å²) >= 11 is 5.72. The van der Waals surface area contributed by atoms with Crippen LogP contribution in [0.4, 0.5) is 10.1 Å². The summed E-state index contributed by atoms with van der Waals surface area (Å²) in [6, 6.07) is 15.5. The van der Waals surface area contributed by atoms with Crippen molar-refractivity contribution < 1.29 is 4.39 Å². The quantitative estimate of drug-likeness (QED) is 0.711. The molecular weight excluding hydrogens is 331 g/mol. The van der Waals surface area contributed by atoms with E-state index >= 15 is 0 Å². The van der Waals surface area contributed by atoms with Gasteiger partial charge in [-0.05, 0) is 55.7 Å². The van der Waals surface area contributed by atoms with Gasteiger partial charge < -0.3 is 10.2 Å². The lowest BCUT2D eigenvalue weighted by Crippen LogP contribution is -2.43. The zero-order chi connectivity index (χ0) is 17.6. The Morgan fingerprint density at radius 1 is 1.12 bits per heavy atom. The third-order valence-electron chi connectivity index (χ3n) is 4.84. The Labute approximate surface area is 155 Å². The molecule has 1 aliphatic carbocycles. The van der Waals surface area contributed by atoms with Gasteiger partial charge in [0.05, 0.1) is 0 Å². The molecule has 25 heavy (non-hydrogen) atoms. The van der Waals surface area contributed by atoms with E-state index in [0.717, 1.165) is 18.5 Å². The molecule has 0 aromatic heterocycles. The average molecular weight is 357 g/mol. The molecule has 2 aromatic rings. The maximum Gasteiger partial charge on any atom is 0.173 e. The van der Waals surface area contributed by atoms with Gasteiger partial charge in [-0.25, -0.2) is 4.39 Å². The van der Waals surface area contributed by atoms with Crippen LogP contribution in [-0.4, -0.2) is 16.1 Å². The van der Waals surface area contributed by atoms with E-state index in [0.29, 0.717) is 23.3 Å². The predicted octanol–water partition coefficient (Wildman–Crippen LogP) is 5.67. The standard InChI is InChI=1S/C21H25FN2S/c1-16-8-7-10-18(14-16)23-21(25)24(19-11-3-2-4-12-19)15-17-9-5-6-13-20(17)22/h5-10,13-14,19H,2-4,11-12,15H2,1H3,(H,23,25). The SMILES string of the molecule is Cc1cccc(NC(=S)N(Cc2ccccc2F)C2CCCCC2)c1. The van der Waals surface area contributed by atoms with Crippen LogP contribution in [0.25, 0.3) is 0 Å². The first-order valence-electron chi connectivity index (χ1n) is 9.01. The van der Waals surface area contributed by atoms with Crippen LogP contribution in [0.15, 0.2) is 48.5 Å². The number of halogens is 1. The highest BCUT2D eigenvalue weighted by molar-refractivity contribution is 7.80. The predicted molar refractivity (Wildman–Crippen MR) is 106 cm³/mol. The van der Waals surface area contributed by atoms with E-state index in [9.17, 15) is 4.39 Å². The van der Waals surface area contributed by atoms with Gasteiger partial charge >= 0.3 is 0 Å². The van der Waals surface area contributed by atoms with Crippen molar-refractivity contribution in [3.8, 4) is 0 Å². The Balaban J connectivity index is 1.79. The lowest BCUT2D eigenvalue weighted by molar-refractivity contribution is 0.238. The molecule has 0 amide bonds. The molecule has 0 unspecified atom stereocenters. The highest BCUT2D eigenvalue weighted by atomic mass is 32.1. The molecule has 132 valence electrons. The van der Waals surface area contributed by atoms with Gasteiger partial charge in [-0.3, -0.25) is 0 Å². The number of hydrogen-bond acceptors (Lipinski definition) is 1.